The molecule has 164 valence electrons. The molecular weight excluding hydrogens is 478 g/mol. The Hall–Kier alpha value is -2.04. The number of likely N-dealkylation sites (N-methyl/N-ethyl adjacent to an activating group) is 1. The number of rotatable bonds is 5. The van der Waals surface area contributed by atoms with Crippen LogP contribution in [-0.2, 0) is 6.54 Å². The van der Waals surface area contributed by atoms with Crippen molar-refractivity contribution in [2.75, 3.05) is 43.9 Å². The van der Waals surface area contributed by atoms with Gasteiger partial charge in [-0.1, -0.05) is 11.8 Å². The molecule has 1 saturated heterocycles. The Balaban J connectivity index is 1.48. The van der Waals surface area contributed by atoms with E-state index in [0.717, 1.165) is 70.1 Å². The minimum atomic E-state index is 0.418. The molecule has 0 unspecified atom stereocenters. The van der Waals surface area contributed by atoms with Gasteiger partial charge >= 0.3 is 0 Å². The third kappa shape index (κ3) is 4.20. The largest absolute Gasteiger partial charge is 0.490 e. The third-order valence-electron chi connectivity index (χ3n) is 6.06. The van der Waals surface area contributed by atoms with E-state index in [2.05, 4.69) is 59.9 Å². The number of piperidine rings is 1. The number of aromatic nitrogens is 4. The van der Waals surface area contributed by atoms with Gasteiger partial charge in [0, 0.05) is 23.0 Å². The zero-order valence-corrected chi connectivity index (χ0v) is 19.9. The third-order valence-corrected chi connectivity index (χ3v) is 8.03. The Morgan fingerprint density at radius 3 is 2.97 bits per heavy atom. The van der Waals surface area contributed by atoms with Crippen molar-refractivity contribution in [3.05, 3.63) is 22.9 Å². The van der Waals surface area contributed by atoms with Gasteiger partial charge in [0.05, 0.1) is 12.2 Å². The molecule has 1 aromatic carbocycles. The molecule has 3 aromatic rings. The van der Waals surface area contributed by atoms with Gasteiger partial charge in [-0.25, -0.2) is 15.0 Å². The van der Waals surface area contributed by atoms with Gasteiger partial charge in [-0.3, -0.25) is 0 Å². The van der Waals surface area contributed by atoms with Crippen LogP contribution >= 0.6 is 27.7 Å². The van der Waals surface area contributed by atoms with Crippen molar-refractivity contribution in [1.82, 2.24) is 24.8 Å². The number of imidazole rings is 1. The summed E-state index contributed by atoms with van der Waals surface area (Å²) < 4.78 is 9.12. The number of halogens is 1. The summed E-state index contributed by atoms with van der Waals surface area (Å²) >= 11 is 5.35. The predicted molar refractivity (Wildman–Crippen MR) is 127 cm³/mol. The highest BCUT2D eigenvalue weighted by molar-refractivity contribution is 9.10. The molecule has 10 heteroatoms. The quantitative estimate of drug-likeness (QED) is 0.545. The summed E-state index contributed by atoms with van der Waals surface area (Å²) in [6.45, 7) is 4.64. The number of benzene rings is 1. The van der Waals surface area contributed by atoms with E-state index in [1.165, 1.54) is 19.2 Å². The zero-order chi connectivity index (χ0) is 21.4. The number of aryl methyl sites for hydroxylation is 1. The fourth-order valence-electron chi connectivity index (χ4n) is 4.22. The lowest BCUT2D eigenvalue weighted by Gasteiger charge is -2.28. The molecule has 1 fully saturated rings. The van der Waals surface area contributed by atoms with Crippen LogP contribution < -0.4 is 20.7 Å². The number of nitrogens with one attached hydrogen (secondary N) is 1. The molecule has 0 bridgehead atoms. The van der Waals surface area contributed by atoms with Crippen molar-refractivity contribution in [1.29, 1.82) is 0 Å². The van der Waals surface area contributed by atoms with Gasteiger partial charge in [0.2, 0.25) is 0 Å². The Labute approximate surface area is 194 Å². The normalized spacial score (nSPS) is 17.0. The molecule has 5 rings (SSSR count). The van der Waals surface area contributed by atoms with Crippen molar-refractivity contribution in [3.63, 3.8) is 0 Å². The van der Waals surface area contributed by atoms with E-state index < -0.39 is 0 Å². The van der Waals surface area contributed by atoms with E-state index >= 15 is 0 Å². The molecule has 2 aromatic heterocycles. The Morgan fingerprint density at radius 1 is 1.29 bits per heavy atom. The number of anilines is 2. The van der Waals surface area contributed by atoms with Crippen molar-refractivity contribution < 1.29 is 4.74 Å². The SMILES string of the molecule is CN1CCOc2cc(Sc3nc4c(N)ncnc4n3CCC3CCNCC3)c(Br)cc21. The smallest absolute Gasteiger partial charge is 0.175 e. The molecule has 0 aliphatic carbocycles. The second-order valence-electron chi connectivity index (χ2n) is 8.08. The fraction of sp³-hybridized carbons (Fsp3) is 0.476. The first-order valence-electron chi connectivity index (χ1n) is 10.6. The first-order valence-corrected chi connectivity index (χ1v) is 12.2. The maximum absolute atomic E-state index is 6.13. The monoisotopic (exact) mass is 503 g/mol. The lowest BCUT2D eigenvalue weighted by molar-refractivity contribution is 0.310. The molecule has 0 spiro atoms. The summed E-state index contributed by atoms with van der Waals surface area (Å²) in [5.41, 5.74) is 8.69. The van der Waals surface area contributed by atoms with Gasteiger partial charge in [0.15, 0.2) is 22.1 Å². The van der Waals surface area contributed by atoms with Crippen molar-refractivity contribution in [3.8, 4) is 5.75 Å². The fourth-order valence-corrected chi connectivity index (χ4v) is 5.74. The van der Waals surface area contributed by atoms with E-state index in [1.807, 2.05) is 0 Å². The van der Waals surface area contributed by atoms with Gasteiger partial charge in [-0.2, -0.15) is 0 Å². The summed E-state index contributed by atoms with van der Waals surface area (Å²) in [6.07, 6.45) is 5.05. The van der Waals surface area contributed by atoms with Crippen LogP contribution in [-0.4, -0.2) is 52.8 Å². The molecule has 4 heterocycles. The van der Waals surface area contributed by atoms with E-state index in [1.54, 1.807) is 11.8 Å². The van der Waals surface area contributed by atoms with Crippen molar-refractivity contribution >= 4 is 50.4 Å². The average Bonchev–Trinajstić information content (AvgIpc) is 3.13. The minimum Gasteiger partial charge on any atom is -0.490 e. The molecule has 0 radical (unpaired) electrons. The van der Waals surface area contributed by atoms with Gasteiger partial charge in [0.25, 0.3) is 0 Å². The van der Waals surface area contributed by atoms with Crippen molar-refractivity contribution in [2.24, 2.45) is 5.92 Å². The van der Waals surface area contributed by atoms with Crippen LogP contribution in [0.25, 0.3) is 11.2 Å². The molecule has 3 N–H and O–H groups in total. The van der Waals surface area contributed by atoms with Crippen LogP contribution in [0.2, 0.25) is 0 Å². The maximum Gasteiger partial charge on any atom is 0.175 e. The molecule has 2 aliphatic rings. The summed E-state index contributed by atoms with van der Waals surface area (Å²) in [5, 5.41) is 4.32. The summed E-state index contributed by atoms with van der Waals surface area (Å²) in [7, 11) is 2.09. The van der Waals surface area contributed by atoms with E-state index in [-0.39, 0.29) is 0 Å². The number of nitrogens with zero attached hydrogens (tertiary/aromatic N) is 5. The van der Waals surface area contributed by atoms with Crippen LogP contribution in [0.3, 0.4) is 0 Å². The average molecular weight is 504 g/mol. The van der Waals surface area contributed by atoms with E-state index in [9.17, 15) is 0 Å². The first kappa shape index (κ1) is 20.8. The van der Waals surface area contributed by atoms with Crippen LogP contribution in [0, 0.1) is 5.92 Å². The summed E-state index contributed by atoms with van der Waals surface area (Å²) in [4.78, 5) is 16.7. The highest BCUT2D eigenvalue weighted by Crippen LogP contribution is 2.42. The van der Waals surface area contributed by atoms with E-state index in [4.69, 9.17) is 15.5 Å². The minimum absolute atomic E-state index is 0.418. The molecule has 8 nitrogen and oxygen atoms in total. The molecule has 0 atom stereocenters. The number of ether oxygens (including phenoxy) is 1. The lowest BCUT2D eigenvalue weighted by Crippen LogP contribution is -2.28. The number of hydrogen-bond donors (Lipinski definition) is 2. The van der Waals surface area contributed by atoms with Crippen LogP contribution in [0.4, 0.5) is 11.5 Å². The zero-order valence-electron chi connectivity index (χ0n) is 17.5. The topological polar surface area (TPSA) is 94.1 Å². The van der Waals surface area contributed by atoms with Gasteiger partial charge in [-0.05, 0) is 66.3 Å². The molecule has 0 amide bonds. The summed E-state index contributed by atoms with van der Waals surface area (Å²) in [6, 6.07) is 4.21. The molecular formula is C21H26BrN7OS. The predicted octanol–water partition coefficient (Wildman–Crippen LogP) is 3.54. The van der Waals surface area contributed by atoms with E-state index in [0.29, 0.717) is 17.9 Å². The highest BCUT2D eigenvalue weighted by Gasteiger charge is 2.22. The van der Waals surface area contributed by atoms with Crippen LogP contribution in [0.5, 0.6) is 5.75 Å². The molecule has 2 aliphatic heterocycles. The molecule has 0 saturated carbocycles. The van der Waals surface area contributed by atoms with Gasteiger partial charge in [0.1, 0.15) is 18.7 Å². The van der Waals surface area contributed by atoms with Crippen LogP contribution in [0.1, 0.15) is 19.3 Å². The second-order valence-corrected chi connectivity index (χ2v) is 9.95. The molecule has 31 heavy (non-hydrogen) atoms. The van der Waals surface area contributed by atoms with Gasteiger partial charge in [-0.15, -0.1) is 0 Å². The Bertz CT molecular complexity index is 1100. The standard InChI is InChI=1S/C21H26BrN7OS/c1-28-8-9-30-16-11-17(14(22)10-15(16)28)31-21-27-18-19(23)25-12-26-20(18)29(21)7-4-13-2-5-24-6-3-13/h10-13,24H,2-9H2,1H3,(H2,23,25,26). The number of hydrogen-bond acceptors (Lipinski definition) is 8. The number of nitrogens with two attached hydrogens (primary N) is 1. The number of nitrogen functional groups attached to an aromatic ring is 1. The Kier molecular flexibility index (Phi) is 5.94. The highest BCUT2D eigenvalue weighted by atomic mass is 79.9. The lowest BCUT2D eigenvalue weighted by atomic mass is 9.95. The summed E-state index contributed by atoms with van der Waals surface area (Å²) in [5.74, 6) is 2.04. The number of fused-ring (bicyclic) bond motifs is 2. The van der Waals surface area contributed by atoms with Gasteiger partial charge < -0.3 is 25.3 Å². The van der Waals surface area contributed by atoms with Crippen LogP contribution in [0.15, 0.2) is 33.0 Å². The maximum atomic E-state index is 6.13. The Morgan fingerprint density at radius 2 is 2.13 bits per heavy atom. The second kappa shape index (κ2) is 8.84. The first-order chi connectivity index (χ1) is 15.1. The van der Waals surface area contributed by atoms with Crippen molar-refractivity contribution in [2.45, 2.75) is 35.9 Å².